The van der Waals surface area contributed by atoms with Crippen LogP contribution in [-0.4, -0.2) is 36.0 Å². The summed E-state index contributed by atoms with van der Waals surface area (Å²) in [5.74, 6) is -0.133. The average Bonchev–Trinajstić information content (AvgIpc) is 2.84. The Morgan fingerprint density at radius 2 is 2.05 bits per heavy atom. The normalized spacial score (nSPS) is 15.0. The molecule has 0 fully saturated rings. The molecule has 2 rings (SSSR count). The molecule has 4 nitrogen and oxygen atoms in total. The number of nitrogens with zero attached hydrogens (tertiary/aromatic N) is 2. The number of hydrogen-bond acceptors (Lipinski definition) is 4. The summed E-state index contributed by atoms with van der Waals surface area (Å²) in [6.45, 7) is 1.91. The third-order valence-electron chi connectivity index (χ3n) is 2.84. The van der Waals surface area contributed by atoms with Gasteiger partial charge in [0.1, 0.15) is 11.5 Å². The van der Waals surface area contributed by atoms with Gasteiger partial charge in [-0.05, 0) is 19.1 Å². The predicted octanol–water partition coefficient (Wildman–Crippen LogP) is 2.90. The minimum Gasteiger partial charge on any atom is -0.508 e. The molecule has 0 saturated carbocycles. The van der Waals surface area contributed by atoms with E-state index in [-0.39, 0.29) is 11.5 Å². The van der Waals surface area contributed by atoms with Gasteiger partial charge in [-0.2, -0.15) is 13.2 Å². The van der Waals surface area contributed by atoms with Crippen LogP contribution in [0, 0.1) is 0 Å². The summed E-state index contributed by atoms with van der Waals surface area (Å²) in [4.78, 5) is 3.75. The van der Waals surface area contributed by atoms with Crippen LogP contribution in [0.4, 0.5) is 18.9 Å². The van der Waals surface area contributed by atoms with Crippen molar-refractivity contribution in [1.82, 2.24) is 4.90 Å². The molecule has 110 valence electrons. The first kappa shape index (κ1) is 14.4. The summed E-state index contributed by atoms with van der Waals surface area (Å²) in [6, 6.07) is 4.13. The van der Waals surface area contributed by atoms with E-state index in [1.165, 1.54) is 18.2 Å². The van der Waals surface area contributed by atoms with Crippen molar-refractivity contribution in [2.24, 2.45) is 0 Å². The van der Waals surface area contributed by atoms with Crippen LogP contribution in [-0.2, 0) is 0 Å². The van der Waals surface area contributed by atoms with Gasteiger partial charge in [0.05, 0.1) is 12.4 Å². The summed E-state index contributed by atoms with van der Waals surface area (Å²) >= 11 is 0. The first-order valence-corrected chi connectivity index (χ1v) is 6.10. The zero-order valence-electron chi connectivity index (χ0n) is 10.9. The highest BCUT2D eigenvalue weighted by Crippen LogP contribution is 2.34. The number of phenolic OH excluding ortho intramolecular Hbond substituents is 1. The van der Waals surface area contributed by atoms with E-state index >= 15 is 0 Å². The van der Waals surface area contributed by atoms with Crippen molar-refractivity contribution in [3.63, 3.8) is 0 Å². The fraction of sp³-hybridized carbons (Fsp3) is 0.385. The fourth-order valence-corrected chi connectivity index (χ4v) is 1.84. The van der Waals surface area contributed by atoms with Gasteiger partial charge >= 0.3 is 6.18 Å². The van der Waals surface area contributed by atoms with Crippen molar-refractivity contribution in [3.05, 3.63) is 30.6 Å². The topological polar surface area (TPSA) is 35.9 Å². The van der Waals surface area contributed by atoms with Crippen LogP contribution in [0.15, 0.2) is 30.6 Å². The summed E-state index contributed by atoms with van der Waals surface area (Å²) in [6.07, 6.45) is -0.810. The first-order chi connectivity index (χ1) is 9.39. The molecule has 0 radical (unpaired) electrons. The van der Waals surface area contributed by atoms with E-state index < -0.39 is 12.8 Å². The molecule has 0 atom stereocenters. The lowest BCUT2D eigenvalue weighted by molar-refractivity contribution is -0.153. The van der Waals surface area contributed by atoms with Crippen LogP contribution in [0.3, 0.4) is 0 Å². The Kier molecular flexibility index (Phi) is 3.96. The van der Waals surface area contributed by atoms with Gasteiger partial charge in [-0.25, -0.2) is 0 Å². The van der Waals surface area contributed by atoms with Crippen molar-refractivity contribution < 1.29 is 23.0 Å². The monoisotopic (exact) mass is 288 g/mol. The standard InChI is InChI=1S/C13H15F3N2O2/c1-2-17-5-6-18(9-17)11-4-3-10(19)7-12(11)20-8-13(14,15)16/h3-7,19H,2,8-9H2,1H3. The van der Waals surface area contributed by atoms with Gasteiger partial charge in [0, 0.05) is 25.0 Å². The molecular weight excluding hydrogens is 273 g/mol. The minimum atomic E-state index is -4.42. The molecule has 0 unspecified atom stereocenters. The lowest BCUT2D eigenvalue weighted by atomic mass is 10.2. The maximum atomic E-state index is 12.2. The molecule has 20 heavy (non-hydrogen) atoms. The minimum absolute atomic E-state index is 0.00456. The Bertz CT molecular complexity index is 503. The van der Waals surface area contributed by atoms with E-state index in [0.29, 0.717) is 12.4 Å². The number of rotatable bonds is 4. The lowest BCUT2D eigenvalue weighted by Crippen LogP contribution is -2.25. The summed E-state index contributed by atoms with van der Waals surface area (Å²) in [5.41, 5.74) is 0.485. The smallest absolute Gasteiger partial charge is 0.422 e. The van der Waals surface area contributed by atoms with Crippen LogP contribution in [0.5, 0.6) is 11.5 Å². The first-order valence-electron chi connectivity index (χ1n) is 6.10. The summed E-state index contributed by atoms with van der Waals surface area (Å²) in [7, 11) is 0. The third kappa shape index (κ3) is 3.49. The molecule has 1 aliphatic heterocycles. The molecule has 0 spiro atoms. The largest absolute Gasteiger partial charge is 0.508 e. The number of aromatic hydroxyl groups is 1. The Hall–Kier alpha value is -2.05. The number of anilines is 1. The number of hydrogen-bond donors (Lipinski definition) is 1. The second-order valence-corrected chi connectivity index (χ2v) is 4.37. The zero-order valence-corrected chi connectivity index (χ0v) is 10.9. The van der Waals surface area contributed by atoms with E-state index in [9.17, 15) is 18.3 Å². The van der Waals surface area contributed by atoms with Crippen molar-refractivity contribution >= 4 is 5.69 Å². The third-order valence-corrected chi connectivity index (χ3v) is 2.84. The van der Waals surface area contributed by atoms with E-state index in [1.807, 2.05) is 18.0 Å². The van der Waals surface area contributed by atoms with E-state index in [0.717, 1.165) is 6.54 Å². The zero-order chi connectivity index (χ0) is 14.8. The van der Waals surface area contributed by atoms with Crippen LogP contribution in [0.25, 0.3) is 0 Å². The van der Waals surface area contributed by atoms with E-state index in [4.69, 9.17) is 4.74 Å². The van der Waals surface area contributed by atoms with E-state index in [1.54, 1.807) is 11.1 Å². The van der Waals surface area contributed by atoms with Gasteiger partial charge in [0.2, 0.25) is 0 Å². The number of alkyl halides is 3. The van der Waals surface area contributed by atoms with Crippen molar-refractivity contribution in [2.75, 3.05) is 24.7 Å². The average molecular weight is 288 g/mol. The van der Waals surface area contributed by atoms with Gasteiger partial charge < -0.3 is 19.6 Å². The second-order valence-electron chi connectivity index (χ2n) is 4.37. The second kappa shape index (κ2) is 5.52. The van der Waals surface area contributed by atoms with Crippen LogP contribution < -0.4 is 9.64 Å². The van der Waals surface area contributed by atoms with Gasteiger partial charge in [-0.3, -0.25) is 0 Å². The molecule has 7 heteroatoms. The molecule has 1 aromatic rings. The molecule has 0 aromatic heterocycles. The predicted molar refractivity (Wildman–Crippen MR) is 68.5 cm³/mol. The Morgan fingerprint density at radius 1 is 1.30 bits per heavy atom. The maximum absolute atomic E-state index is 12.2. The fourth-order valence-electron chi connectivity index (χ4n) is 1.84. The SMILES string of the molecule is CCN1C=CN(c2ccc(O)cc2OCC(F)(F)F)C1. The quantitative estimate of drug-likeness (QED) is 0.924. The highest BCUT2D eigenvalue weighted by Gasteiger charge is 2.29. The van der Waals surface area contributed by atoms with Crippen LogP contribution >= 0.6 is 0 Å². The number of halogens is 3. The van der Waals surface area contributed by atoms with Crippen LogP contribution in [0.2, 0.25) is 0 Å². The van der Waals surface area contributed by atoms with Gasteiger partial charge in [-0.1, -0.05) is 0 Å². The van der Waals surface area contributed by atoms with Crippen LogP contribution in [0.1, 0.15) is 6.92 Å². The van der Waals surface area contributed by atoms with E-state index in [2.05, 4.69) is 0 Å². The molecule has 0 aliphatic carbocycles. The molecule has 0 saturated heterocycles. The summed E-state index contributed by atoms with van der Waals surface area (Å²) in [5, 5.41) is 9.40. The van der Waals surface area contributed by atoms with Crippen molar-refractivity contribution in [3.8, 4) is 11.5 Å². The Morgan fingerprint density at radius 3 is 2.65 bits per heavy atom. The van der Waals surface area contributed by atoms with Gasteiger partial charge in [0.15, 0.2) is 6.61 Å². The Balaban J connectivity index is 2.18. The van der Waals surface area contributed by atoms with Gasteiger partial charge in [0.25, 0.3) is 0 Å². The molecular formula is C13H15F3N2O2. The number of benzene rings is 1. The molecule has 1 N–H and O–H groups in total. The lowest BCUT2D eigenvalue weighted by Gasteiger charge is -2.23. The highest BCUT2D eigenvalue weighted by molar-refractivity contribution is 5.63. The molecule has 1 heterocycles. The number of phenols is 1. The highest BCUT2D eigenvalue weighted by atomic mass is 19.4. The Labute approximate surface area is 114 Å². The van der Waals surface area contributed by atoms with Gasteiger partial charge in [-0.15, -0.1) is 0 Å². The molecule has 0 amide bonds. The summed E-state index contributed by atoms with van der Waals surface area (Å²) < 4.78 is 41.5. The molecule has 1 aliphatic rings. The van der Waals surface area contributed by atoms with Crippen molar-refractivity contribution in [1.29, 1.82) is 0 Å². The molecule has 0 bridgehead atoms. The number of ether oxygens (including phenoxy) is 1. The molecule has 1 aromatic carbocycles. The van der Waals surface area contributed by atoms with Crippen molar-refractivity contribution in [2.45, 2.75) is 13.1 Å². The maximum Gasteiger partial charge on any atom is 0.422 e.